The first-order valence-corrected chi connectivity index (χ1v) is 43.1. The Morgan fingerprint density at radius 2 is 0.582 bits per heavy atom. The number of phenols is 26. The van der Waals surface area contributed by atoms with Gasteiger partial charge in [0.05, 0.1) is 61.2 Å². The van der Waals surface area contributed by atoms with Gasteiger partial charge in [-0.3, -0.25) is 4.90 Å². The van der Waals surface area contributed by atoms with Crippen molar-refractivity contribution in [2.24, 2.45) is 5.92 Å². The van der Waals surface area contributed by atoms with Crippen molar-refractivity contribution in [1.82, 2.24) is 4.90 Å². The van der Waals surface area contributed by atoms with E-state index in [1.165, 1.54) is 43.4 Å². The maximum atomic E-state index is 15.3. The van der Waals surface area contributed by atoms with Crippen LogP contribution in [-0.2, 0) is 40.3 Å². The summed E-state index contributed by atoms with van der Waals surface area (Å²) in [7, 11) is 0. The molecule has 0 spiro atoms. The lowest BCUT2D eigenvalue weighted by Crippen LogP contribution is -2.72. The zero-order valence-corrected chi connectivity index (χ0v) is 74.4. The van der Waals surface area contributed by atoms with E-state index >= 15 is 14.4 Å². The minimum absolute atomic E-state index is 0.127. The first-order valence-electron chi connectivity index (χ1n) is 43.1. The molecule has 0 radical (unpaired) electrons. The number of ether oxygens (including phenoxy) is 11. The van der Waals surface area contributed by atoms with Gasteiger partial charge < -0.3 is 190 Å². The van der Waals surface area contributed by atoms with Crippen LogP contribution in [0.15, 0.2) is 140 Å². The van der Waals surface area contributed by atoms with Crippen LogP contribution in [-0.4, -0.2) is 265 Å². The van der Waals surface area contributed by atoms with Crippen LogP contribution in [0.2, 0.25) is 0 Å². The predicted molar refractivity (Wildman–Crippen MR) is 477 cm³/mol. The van der Waals surface area contributed by atoms with Crippen molar-refractivity contribution < 1.29 is 238 Å². The van der Waals surface area contributed by atoms with Crippen molar-refractivity contribution in [1.29, 1.82) is 0 Å². The fourth-order valence-electron chi connectivity index (χ4n) is 17.2. The van der Waals surface area contributed by atoms with E-state index < -0.39 is 331 Å². The highest BCUT2D eigenvalue weighted by Gasteiger charge is 2.64. The number of esters is 10. The molecule has 0 unspecified atom stereocenters. The largest absolute Gasteiger partial charge is 0.508 e. The average molecular weight is 2030 g/mol. The van der Waals surface area contributed by atoms with Gasteiger partial charge in [0.1, 0.15) is 18.5 Å². The van der Waals surface area contributed by atoms with Crippen molar-refractivity contribution in [3.8, 4) is 178 Å². The number of rotatable bonds is 23. The number of carbonyl (C=O) groups excluding carboxylic acids is 10. The van der Waals surface area contributed by atoms with Crippen molar-refractivity contribution in [2.75, 3.05) is 19.7 Å². The van der Waals surface area contributed by atoms with E-state index in [9.17, 15) is 171 Å². The molecule has 11 aromatic carbocycles. The number of likely N-dealkylation sites (tertiary alicyclic amines) is 1. The summed E-state index contributed by atoms with van der Waals surface area (Å²) in [6.45, 7) is 0.579. The molecule has 27 N–H and O–H groups in total. The Kier molecular flexibility index (Phi) is 27.6. The Balaban J connectivity index is 0.000000573. The van der Waals surface area contributed by atoms with Gasteiger partial charge in [0.15, 0.2) is 156 Å². The Morgan fingerprint density at radius 3 is 0.897 bits per heavy atom. The van der Waals surface area contributed by atoms with Crippen molar-refractivity contribution in [2.45, 2.75) is 106 Å². The Morgan fingerprint density at radius 1 is 0.301 bits per heavy atom. The lowest BCUT2D eigenvalue weighted by atomic mass is 9.49. The fourth-order valence-corrected chi connectivity index (χ4v) is 17.2. The molecule has 146 heavy (non-hydrogen) atoms. The fraction of sp³-hybridized carbons (Fsp3) is 0.216. The van der Waals surface area contributed by atoms with Crippen LogP contribution in [0.4, 0.5) is 0 Å². The van der Waals surface area contributed by atoms with Gasteiger partial charge in [-0.05, 0) is 196 Å². The highest BCUT2D eigenvalue weighted by Crippen LogP contribution is 2.60. The van der Waals surface area contributed by atoms with Crippen LogP contribution in [0.25, 0.3) is 0 Å². The maximum absolute atomic E-state index is 15.3. The molecule has 49 nitrogen and oxygen atoms in total. The SMILES string of the molecule is O=C(OC[C@H]1O[C@@H](OC(=O)c2cc(O)c(O)c(OC(=O)c3cc(O)c(O)c(O)c3)c2)[C@H](OC(=O)c2cc(O)c(O)c(OC(=O)c3cc(O)c(O)c(O)c3)c2)[C@@H](OC(=O)c2cc(O)c(O)c(OC(=O)c3cc(O)c(O)c(O)c3)c2)[C@@H]1OC(=O)c1cc(O)c(O)c(OC(=O)c2cc(O)c(O)c(O)c2)c1)c1cc(O)c(O)c(OC(=O)c2cc(O)c(O)c(O)c2)c1.Oc1ccc2c(c1)[C@]13CCCC[C@@]1(O)[C@H](C2)N(CC1CCC1)CC3. The summed E-state index contributed by atoms with van der Waals surface area (Å²) in [5, 5.41) is 283. The van der Waals surface area contributed by atoms with Crippen molar-refractivity contribution in [3.63, 3.8) is 0 Å². The van der Waals surface area contributed by atoms with Crippen LogP contribution in [0, 0.1) is 5.92 Å². The predicted octanol–water partition coefficient (Wildman–Crippen LogP) is 8.20. The van der Waals surface area contributed by atoms with E-state index in [0.717, 1.165) is 44.6 Å². The highest BCUT2D eigenvalue weighted by molar-refractivity contribution is 6.00. The number of aliphatic hydroxyl groups is 1. The Bertz CT molecular complexity index is 7110. The van der Waals surface area contributed by atoms with Gasteiger partial charge in [-0.1, -0.05) is 25.3 Å². The first-order chi connectivity index (χ1) is 69.0. The standard InChI is InChI=1S/C76H52O46.C21H29NO2/c77-32-1-22(2-33(78)53(32)92)67(103)113-47-16-27(11-42(87)58(47)97)66(102)112-21-52-63(119-72(108)28-12-43(88)59(98)48(17-28)114-68(104)23-3-34(79)54(93)35(80)4-23)64(120-73(109)29-13-44(89)60(99)49(18-29)115-69(105)24-5-36(81)55(94)37(82)6-24)65(121-74(110)30-14-45(90)61(100)50(19-30)116-70(106)25-7-38(83)56(95)39(84)8-25)76(118-52)122-75(111)31-15-46(91)62(101)51(20-31)117-71(107)26-9-40(85)57(96)41(86)10-26;23-17-7-6-16-12-19-21(24)9-2-1-8-20(21,18(16)13-17)10-11-22(19)14-15-4-3-5-15/h1-20,52,63-65,76-101H,21H2;6-7,13,15,19,23-24H,1-5,8-12,14H2/t52-,63-,64+,65-,76+;19-,20+,21+/m10/s1. The summed E-state index contributed by atoms with van der Waals surface area (Å²) in [4.78, 5) is 145. The topological polar surface area (TPSA) is 822 Å². The van der Waals surface area contributed by atoms with E-state index in [1.54, 1.807) is 0 Å². The molecule has 8 atom stereocenters. The number of hydrogen-bond acceptors (Lipinski definition) is 49. The number of fused-ring (bicyclic) bond motifs is 1. The smallest absolute Gasteiger partial charge is 0.343 e. The molecule has 11 aromatic rings. The molecule has 762 valence electrons. The number of piperidine rings is 1. The number of aromatic hydroxyl groups is 26. The first kappa shape index (κ1) is 101. The normalized spacial score (nSPS) is 18.6. The van der Waals surface area contributed by atoms with Gasteiger partial charge in [-0.2, -0.15) is 0 Å². The molecule has 2 aliphatic heterocycles. The summed E-state index contributed by atoms with van der Waals surface area (Å²) in [6.07, 6.45) is -4.59. The van der Waals surface area contributed by atoms with Crippen LogP contribution in [0.5, 0.6) is 178 Å². The van der Waals surface area contributed by atoms with Crippen LogP contribution < -0.4 is 23.7 Å². The summed E-state index contributed by atoms with van der Waals surface area (Å²) in [5.74, 6) is -54.8. The summed E-state index contributed by atoms with van der Waals surface area (Å²) in [5.41, 5.74) is -8.00. The van der Waals surface area contributed by atoms with Gasteiger partial charge in [-0.25, -0.2) is 47.9 Å². The Labute approximate surface area is 814 Å². The zero-order valence-electron chi connectivity index (χ0n) is 74.4. The lowest BCUT2D eigenvalue weighted by molar-refractivity contribution is -0.282. The van der Waals surface area contributed by atoms with E-state index in [0.29, 0.717) is 127 Å². The number of nitrogens with zero attached hydrogens (tertiary/aromatic N) is 1. The molecule has 0 aromatic heterocycles. The zero-order chi connectivity index (χ0) is 106. The molecule has 4 fully saturated rings. The third-order valence-corrected chi connectivity index (χ3v) is 24.7. The van der Waals surface area contributed by atoms with Crippen LogP contribution in [0.1, 0.15) is 166 Å². The maximum Gasteiger partial charge on any atom is 0.343 e. The van der Waals surface area contributed by atoms with Crippen molar-refractivity contribution >= 4 is 59.7 Å². The molecule has 5 aliphatic rings. The van der Waals surface area contributed by atoms with Gasteiger partial charge in [0.25, 0.3) is 0 Å². The molecule has 16 rings (SSSR count). The molecular formula is C97H81NO48. The van der Waals surface area contributed by atoms with E-state index in [4.69, 9.17) is 52.1 Å². The molecular weight excluding hydrogens is 1950 g/mol. The van der Waals surface area contributed by atoms with E-state index in [-0.39, 0.29) is 11.5 Å². The highest BCUT2D eigenvalue weighted by atomic mass is 16.8. The molecule has 0 amide bonds. The van der Waals surface area contributed by atoms with Gasteiger partial charge in [0, 0.05) is 18.0 Å². The molecule has 2 saturated carbocycles. The average Bonchev–Trinajstić information content (AvgIpc) is 0.688. The second kappa shape index (κ2) is 39.8. The van der Waals surface area contributed by atoms with E-state index in [1.807, 2.05) is 12.1 Å². The van der Waals surface area contributed by atoms with Gasteiger partial charge in [0.2, 0.25) is 41.1 Å². The second-order valence-corrected chi connectivity index (χ2v) is 33.9. The van der Waals surface area contributed by atoms with E-state index in [2.05, 4.69) is 11.0 Å². The third kappa shape index (κ3) is 20.1. The number of phenolic OH excluding ortho intramolecular Hbond substituents is 26. The summed E-state index contributed by atoms with van der Waals surface area (Å²) >= 11 is 0. The monoisotopic (exact) mass is 2030 g/mol. The number of hydrogen-bond donors (Lipinski definition) is 27. The third-order valence-electron chi connectivity index (χ3n) is 24.7. The molecule has 2 bridgehead atoms. The van der Waals surface area contributed by atoms with Gasteiger partial charge >= 0.3 is 59.7 Å². The molecule has 49 heteroatoms. The molecule has 2 saturated heterocycles. The molecule has 3 aliphatic carbocycles. The molecule has 2 heterocycles. The van der Waals surface area contributed by atoms with Crippen LogP contribution >= 0.6 is 0 Å². The summed E-state index contributed by atoms with van der Waals surface area (Å²) < 4.78 is 60.4. The number of benzene rings is 11. The van der Waals surface area contributed by atoms with Crippen LogP contribution in [0.3, 0.4) is 0 Å². The minimum atomic E-state index is -3.12. The quantitative estimate of drug-likeness (QED) is 0.0124. The number of carbonyl (C=O) groups is 10. The Hall–Kier alpha value is -19.2. The van der Waals surface area contributed by atoms with Gasteiger partial charge in [-0.15, -0.1) is 0 Å². The van der Waals surface area contributed by atoms with Crippen molar-refractivity contribution in [3.05, 3.63) is 206 Å². The minimum Gasteiger partial charge on any atom is -0.508 e. The second-order valence-electron chi connectivity index (χ2n) is 33.9. The lowest BCUT2D eigenvalue weighted by Gasteiger charge is -2.64. The summed E-state index contributed by atoms with van der Waals surface area (Å²) in [6, 6.07) is 14.7.